The zero-order valence-electron chi connectivity index (χ0n) is 16.9. The average Bonchev–Trinajstić information content (AvgIpc) is 2.80. The van der Waals surface area contributed by atoms with Crippen LogP contribution in [0.15, 0.2) is 67.1 Å². The van der Waals surface area contributed by atoms with Gasteiger partial charge < -0.3 is 14.4 Å². The van der Waals surface area contributed by atoms with Crippen molar-refractivity contribution in [2.75, 3.05) is 19.1 Å². The second-order valence-corrected chi connectivity index (χ2v) is 6.74. The topological polar surface area (TPSA) is 60.4 Å². The van der Waals surface area contributed by atoms with Crippen molar-refractivity contribution in [2.24, 2.45) is 0 Å². The van der Waals surface area contributed by atoms with Gasteiger partial charge in [-0.25, -0.2) is 19.3 Å². The number of halogens is 1. The molecule has 1 atom stereocenters. The van der Waals surface area contributed by atoms with E-state index in [0.29, 0.717) is 17.4 Å². The molecule has 0 fully saturated rings. The van der Waals surface area contributed by atoms with Crippen LogP contribution in [0.1, 0.15) is 18.5 Å². The van der Waals surface area contributed by atoms with E-state index < -0.39 is 0 Å². The number of hydrogen-bond donors (Lipinski definition) is 0. The molecule has 2 aromatic carbocycles. The minimum Gasteiger partial charge on any atom is -0.497 e. The molecular weight excluding hydrogens is 383 g/mol. The van der Waals surface area contributed by atoms with Crippen LogP contribution in [-0.2, 0) is 0 Å². The molecule has 30 heavy (non-hydrogen) atoms. The van der Waals surface area contributed by atoms with Gasteiger partial charge in [-0.3, -0.25) is 0 Å². The summed E-state index contributed by atoms with van der Waals surface area (Å²) in [5.74, 6) is 1.67. The van der Waals surface area contributed by atoms with Crippen LogP contribution >= 0.6 is 0 Å². The molecule has 0 radical (unpaired) electrons. The third-order valence-corrected chi connectivity index (χ3v) is 4.99. The zero-order valence-corrected chi connectivity index (χ0v) is 16.9. The van der Waals surface area contributed by atoms with Gasteiger partial charge in [0.25, 0.3) is 0 Å². The predicted octanol–water partition coefficient (Wildman–Crippen LogP) is 5.08. The van der Waals surface area contributed by atoms with Crippen molar-refractivity contribution >= 4 is 22.4 Å². The second-order valence-electron chi connectivity index (χ2n) is 6.74. The number of rotatable bonds is 6. The maximum Gasteiger partial charge on any atom is 0.212 e. The standard InChI is InChI=1S/C23H21FN4O2/c1-15(16-4-11-22(30-3)25-13-16)28(18-7-5-17(24)6-8-18)23-20-10-9-19(29-2)12-21(20)26-14-27-23/h4-15H,1-3H3. The molecule has 0 aliphatic heterocycles. The number of aromatic nitrogens is 3. The van der Waals surface area contributed by atoms with E-state index in [4.69, 9.17) is 9.47 Å². The smallest absolute Gasteiger partial charge is 0.212 e. The maximum atomic E-state index is 13.6. The Labute approximate surface area is 173 Å². The number of nitrogens with zero attached hydrogens (tertiary/aromatic N) is 4. The Bertz CT molecular complexity index is 1150. The Balaban J connectivity index is 1.87. The lowest BCUT2D eigenvalue weighted by Gasteiger charge is -2.31. The van der Waals surface area contributed by atoms with Gasteiger partial charge in [-0.05, 0) is 48.9 Å². The molecule has 152 valence electrons. The molecule has 1 unspecified atom stereocenters. The van der Waals surface area contributed by atoms with Gasteiger partial charge in [-0.1, -0.05) is 6.07 Å². The number of ether oxygens (including phenoxy) is 2. The molecule has 0 aliphatic rings. The Hall–Kier alpha value is -3.74. The van der Waals surface area contributed by atoms with Crippen LogP contribution in [0.25, 0.3) is 10.9 Å². The van der Waals surface area contributed by atoms with Gasteiger partial charge in [-0.15, -0.1) is 0 Å². The number of methoxy groups -OCH3 is 2. The molecule has 0 bridgehead atoms. The van der Waals surface area contributed by atoms with Crippen LogP contribution in [0.5, 0.6) is 11.6 Å². The van der Waals surface area contributed by atoms with Crippen LogP contribution in [0, 0.1) is 5.82 Å². The molecule has 4 aromatic rings. The molecule has 0 amide bonds. The molecule has 2 aromatic heterocycles. The van der Waals surface area contributed by atoms with Crippen molar-refractivity contribution in [2.45, 2.75) is 13.0 Å². The van der Waals surface area contributed by atoms with Crippen LogP contribution in [0.4, 0.5) is 15.9 Å². The summed E-state index contributed by atoms with van der Waals surface area (Å²) in [5.41, 5.74) is 2.52. The Kier molecular flexibility index (Phi) is 5.43. The highest BCUT2D eigenvalue weighted by Gasteiger charge is 2.22. The van der Waals surface area contributed by atoms with Crippen molar-refractivity contribution in [3.8, 4) is 11.6 Å². The Morgan fingerprint density at radius 1 is 0.900 bits per heavy atom. The summed E-state index contributed by atoms with van der Waals surface area (Å²) in [6, 6.07) is 15.6. The van der Waals surface area contributed by atoms with Crippen molar-refractivity contribution in [3.63, 3.8) is 0 Å². The normalized spacial score (nSPS) is 11.9. The van der Waals surface area contributed by atoms with Crippen LogP contribution in [0.2, 0.25) is 0 Å². The molecule has 0 saturated heterocycles. The van der Waals surface area contributed by atoms with E-state index in [2.05, 4.69) is 15.0 Å². The monoisotopic (exact) mass is 404 g/mol. The number of hydrogen-bond acceptors (Lipinski definition) is 6. The van der Waals surface area contributed by atoms with Gasteiger partial charge in [0.2, 0.25) is 5.88 Å². The fraction of sp³-hybridized carbons (Fsp3) is 0.174. The molecule has 2 heterocycles. The summed E-state index contributed by atoms with van der Waals surface area (Å²) in [7, 11) is 3.20. The molecule has 7 heteroatoms. The van der Waals surface area contributed by atoms with Crippen LogP contribution in [-0.4, -0.2) is 29.2 Å². The zero-order chi connectivity index (χ0) is 21.1. The maximum absolute atomic E-state index is 13.6. The molecule has 4 rings (SSSR count). The van der Waals surface area contributed by atoms with Gasteiger partial charge in [0, 0.05) is 29.4 Å². The second kappa shape index (κ2) is 8.32. The molecule has 6 nitrogen and oxygen atoms in total. The lowest BCUT2D eigenvalue weighted by atomic mass is 10.1. The highest BCUT2D eigenvalue weighted by atomic mass is 19.1. The van der Waals surface area contributed by atoms with Crippen molar-refractivity contribution in [1.29, 1.82) is 0 Å². The first kappa shape index (κ1) is 19.6. The summed E-state index contributed by atoms with van der Waals surface area (Å²) in [6.07, 6.45) is 3.29. The first-order chi connectivity index (χ1) is 14.6. The van der Waals surface area contributed by atoms with E-state index in [1.165, 1.54) is 18.5 Å². The van der Waals surface area contributed by atoms with E-state index >= 15 is 0 Å². The minimum atomic E-state index is -0.297. The summed E-state index contributed by atoms with van der Waals surface area (Å²) >= 11 is 0. The van der Waals surface area contributed by atoms with E-state index in [0.717, 1.165) is 22.2 Å². The summed E-state index contributed by atoms with van der Waals surface area (Å²) < 4.78 is 24.1. The summed E-state index contributed by atoms with van der Waals surface area (Å²) in [4.78, 5) is 15.3. The third kappa shape index (κ3) is 3.74. The molecular formula is C23H21FN4O2. The van der Waals surface area contributed by atoms with E-state index in [9.17, 15) is 4.39 Å². The molecule has 0 spiro atoms. The number of benzene rings is 2. The Morgan fingerprint density at radius 3 is 2.37 bits per heavy atom. The predicted molar refractivity (Wildman–Crippen MR) is 114 cm³/mol. The Morgan fingerprint density at radius 2 is 1.70 bits per heavy atom. The van der Waals surface area contributed by atoms with E-state index in [-0.39, 0.29) is 11.9 Å². The molecule has 0 saturated carbocycles. The van der Waals surface area contributed by atoms with E-state index in [1.54, 1.807) is 32.5 Å². The lowest BCUT2D eigenvalue weighted by Crippen LogP contribution is -2.23. The molecule has 0 aliphatic carbocycles. The van der Waals surface area contributed by atoms with Crippen LogP contribution in [0.3, 0.4) is 0 Å². The lowest BCUT2D eigenvalue weighted by molar-refractivity contribution is 0.397. The fourth-order valence-electron chi connectivity index (χ4n) is 3.38. The van der Waals surface area contributed by atoms with Gasteiger partial charge in [0.1, 0.15) is 23.7 Å². The van der Waals surface area contributed by atoms with Crippen LogP contribution < -0.4 is 14.4 Å². The summed E-state index contributed by atoms with van der Waals surface area (Å²) in [5, 5.41) is 0.857. The highest BCUT2D eigenvalue weighted by molar-refractivity contribution is 5.92. The first-order valence-corrected chi connectivity index (χ1v) is 9.44. The van der Waals surface area contributed by atoms with Crippen molar-refractivity contribution < 1.29 is 13.9 Å². The highest BCUT2D eigenvalue weighted by Crippen LogP contribution is 2.37. The van der Waals surface area contributed by atoms with Crippen molar-refractivity contribution in [3.05, 3.63) is 78.5 Å². The first-order valence-electron chi connectivity index (χ1n) is 9.44. The van der Waals surface area contributed by atoms with Gasteiger partial charge >= 0.3 is 0 Å². The number of pyridine rings is 1. The largest absolute Gasteiger partial charge is 0.497 e. The van der Waals surface area contributed by atoms with E-state index in [1.807, 2.05) is 42.2 Å². The van der Waals surface area contributed by atoms with Crippen molar-refractivity contribution in [1.82, 2.24) is 15.0 Å². The fourth-order valence-corrected chi connectivity index (χ4v) is 3.38. The minimum absolute atomic E-state index is 0.144. The average molecular weight is 404 g/mol. The van der Waals surface area contributed by atoms with Gasteiger partial charge in [0.05, 0.1) is 25.8 Å². The van der Waals surface area contributed by atoms with Gasteiger partial charge in [-0.2, -0.15) is 0 Å². The SMILES string of the molecule is COc1ccc2c(N(c3ccc(F)cc3)C(C)c3ccc(OC)nc3)ncnc2c1. The third-order valence-electron chi connectivity index (χ3n) is 4.99. The number of anilines is 2. The molecule has 0 N–H and O–H groups in total. The number of fused-ring (bicyclic) bond motifs is 1. The summed E-state index contributed by atoms with van der Waals surface area (Å²) in [6.45, 7) is 2.05. The van der Waals surface area contributed by atoms with Gasteiger partial charge in [0.15, 0.2) is 0 Å². The quantitative estimate of drug-likeness (QED) is 0.447.